The Labute approximate surface area is 125 Å². The largest absolute Gasteiger partial charge is 0.465 e. The second-order valence-electron chi connectivity index (χ2n) is 4.76. The van der Waals surface area contributed by atoms with Crippen LogP contribution in [0.1, 0.15) is 18.2 Å². The van der Waals surface area contributed by atoms with Gasteiger partial charge in [0.2, 0.25) is 0 Å². The number of hydrogen-bond acceptors (Lipinski definition) is 4. The van der Waals surface area contributed by atoms with Gasteiger partial charge in [0.1, 0.15) is 0 Å². The monoisotopic (exact) mass is 284 g/mol. The van der Waals surface area contributed by atoms with Gasteiger partial charge < -0.3 is 4.74 Å². The first-order valence-corrected chi connectivity index (χ1v) is 7.09. The van der Waals surface area contributed by atoms with Gasteiger partial charge in [-0.1, -0.05) is 36.4 Å². The van der Waals surface area contributed by atoms with E-state index in [1.807, 2.05) is 48.2 Å². The third kappa shape index (κ3) is 5.36. The van der Waals surface area contributed by atoms with Crippen LogP contribution < -0.4 is 0 Å². The predicted molar refractivity (Wildman–Crippen MR) is 81.4 cm³/mol. The maximum Gasteiger partial charge on any atom is 0.320 e. The van der Waals surface area contributed by atoms with Crippen LogP contribution in [0.5, 0.6) is 0 Å². The van der Waals surface area contributed by atoms with Crippen molar-refractivity contribution < 1.29 is 9.53 Å². The molecule has 0 aliphatic rings. The summed E-state index contributed by atoms with van der Waals surface area (Å²) in [6.07, 6.45) is 1.76. The number of pyridine rings is 1. The zero-order chi connectivity index (χ0) is 14.9. The minimum absolute atomic E-state index is 0.204. The smallest absolute Gasteiger partial charge is 0.320 e. The molecular weight excluding hydrogens is 264 g/mol. The van der Waals surface area contributed by atoms with Crippen molar-refractivity contribution in [3.8, 4) is 0 Å². The molecule has 1 aromatic heterocycles. The van der Waals surface area contributed by atoms with E-state index in [0.29, 0.717) is 19.7 Å². The molecule has 1 heterocycles. The van der Waals surface area contributed by atoms with E-state index in [2.05, 4.69) is 17.1 Å². The second-order valence-corrected chi connectivity index (χ2v) is 4.76. The van der Waals surface area contributed by atoms with Crippen LogP contribution in [0, 0.1) is 0 Å². The molecule has 0 fully saturated rings. The van der Waals surface area contributed by atoms with Gasteiger partial charge in [-0.2, -0.15) is 0 Å². The first-order chi connectivity index (χ1) is 10.3. The number of nitrogens with zero attached hydrogens (tertiary/aromatic N) is 2. The van der Waals surface area contributed by atoms with Crippen molar-refractivity contribution in [3.63, 3.8) is 0 Å². The molecule has 0 unspecified atom stereocenters. The lowest BCUT2D eigenvalue weighted by atomic mass is 10.2. The molecule has 0 saturated carbocycles. The first-order valence-electron chi connectivity index (χ1n) is 7.09. The molecule has 2 rings (SSSR count). The number of aromatic nitrogens is 1. The third-order valence-electron chi connectivity index (χ3n) is 3.02. The Morgan fingerprint density at radius 1 is 1.10 bits per heavy atom. The standard InChI is InChI=1S/C17H20N2O2/c1-2-21-17(20)14-19(12-15-8-4-3-5-9-15)13-16-10-6-7-11-18-16/h3-11H,2,12-14H2,1H3. The average molecular weight is 284 g/mol. The number of esters is 1. The molecule has 110 valence electrons. The first kappa shape index (κ1) is 15.2. The van der Waals surface area contributed by atoms with Crippen LogP contribution in [0.2, 0.25) is 0 Å². The van der Waals surface area contributed by atoms with Crippen LogP contribution in [-0.2, 0) is 22.6 Å². The summed E-state index contributed by atoms with van der Waals surface area (Å²) in [6, 6.07) is 15.9. The molecule has 0 amide bonds. The lowest BCUT2D eigenvalue weighted by Crippen LogP contribution is -2.30. The predicted octanol–water partition coefficient (Wildman–Crippen LogP) is 2.65. The quantitative estimate of drug-likeness (QED) is 0.733. The van der Waals surface area contributed by atoms with E-state index < -0.39 is 0 Å². The fraction of sp³-hybridized carbons (Fsp3) is 0.294. The van der Waals surface area contributed by atoms with Crippen molar-refractivity contribution in [1.82, 2.24) is 9.88 Å². The number of benzene rings is 1. The molecule has 0 bridgehead atoms. The Bertz CT molecular complexity index is 502. The molecule has 4 nitrogen and oxygen atoms in total. The molecule has 2 aromatic rings. The Morgan fingerprint density at radius 3 is 2.52 bits per heavy atom. The normalized spacial score (nSPS) is 10.6. The number of hydrogen-bond donors (Lipinski definition) is 0. The molecule has 0 saturated heterocycles. The summed E-state index contributed by atoms with van der Waals surface area (Å²) in [7, 11) is 0. The van der Waals surface area contributed by atoms with Gasteiger partial charge >= 0.3 is 5.97 Å². The molecule has 4 heteroatoms. The topological polar surface area (TPSA) is 42.4 Å². The van der Waals surface area contributed by atoms with Gasteiger partial charge in [0.15, 0.2) is 0 Å². The highest BCUT2D eigenvalue weighted by Gasteiger charge is 2.13. The highest BCUT2D eigenvalue weighted by Crippen LogP contribution is 2.08. The summed E-state index contributed by atoms with van der Waals surface area (Å²) >= 11 is 0. The van der Waals surface area contributed by atoms with E-state index in [-0.39, 0.29) is 12.5 Å². The van der Waals surface area contributed by atoms with Gasteiger partial charge in [0.25, 0.3) is 0 Å². The van der Waals surface area contributed by atoms with E-state index in [4.69, 9.17) is 4.74 Å². The molecule has 0 radical (unpaired) electrons. The minimum atomic E-state index is -0.204. The summed E-state index contributed by atoms with van der Waals surface area (Å²) in [5, 5.41) is 0. The molecule has 1 aromatic carbocycles. The fourth-order valence-electron chi connectivity index (χ4n) is 2.12. The van der Waals surface area contributed by atoms with Gasteiger partial charge in [-0.05, 0) is 24.6 Å². The van der Waals surface area contributed by atoms with Crippen molar-refractivity contribution in [2.75, 3.05) is 13.2 Å². The van der Waals surface area contributed by atoms with Crippen LogP contribution in [0.25, 0.3) is 0 Å². The zero-order valence-corrected chi connectivity index (χ0v) is 12.2. The summed E-state index contributed by atoms with van der Waals surface area (Å²) in [5.74, 6) is -0.204. The molecular formula is C17H20N2O2. The van der Waals surface area contributed by atoms with Crippen molar-refractivity contribution in [3.05, 3.63) is 66.0 Å². The van der Waals surface area contributed by atoms with Crippen LogP contribution in [0.15, 0.2) is 54.7 Å². The third-order valence-corrected chi connectivity index (χ3v) is 3.02. The van der Waals surface area contributed by atoms with Gasteiger partial charge in [-0.25, -0.2) is 0 Å². The van der Waals surface area contributed by atoms with Crippen molar-refractivity contribution >= 4 is 5.97 Å². The molecule has 21 heavy (non-hydrogen) atoms. The molecule has 0 aliphatic carbocycles. The van der Waals surface area contributed by atoms with Crippen molar-refractivity contribution in [2.45, 2.75) is 20.0 Å². The summed E-state index contributed by atoms with van der Waals surface area (Å²) in [6.45, 7) is 3.80. The fourth-order valence-corrected chi connectivity index (χ4v) is 2.12. The Morgan fingerprint density at radius 2 is 1.86 bits per heavy atom. The van der Waals surface area contributed by atoms with E-state index in [1.165, 1.54) is 0 Å². The van der Waals surface area contributed by atoms with Gasteiger partial charge in [-0.15, -0.1) is 0 Å². The maximum atomic E-state index is 11.7. The van der Waals surface area contributed by atoms with Crippen LogP contribution in [0.3, 0.4) is 0 Å². The minimum Gasteiger partial charge on any atom is -0.465 e. The SMILES string of the molecule is CCOC(=O)CN(Cc1ccccc1)Cc1ccccn1. The van der Waals surface area contributed by atoms with Crippen molar-refractivity contribution in [2.24, 2.45) is 0 Å². The summed E-state index contributed by atoms with van der Waals surface area (Å²) in [5.41, 5.74) is 2.11. The van der Waals surface area contributed by atoms with Gasteiger partial charge in [0, 0.05) is 19.3 Å². The van der Waals surface area contributed by atoms with Crippen LogP contribution in [0.4, 0.5) is 0 Å². The number of carbonyl (C=O) groups excluding carboxylic acids is 1. The molecule has 0 N–H and O–H groups in total. The maximum absolute atomic E-state index is 11.7. The molecule has 0 atom stereocenters. The van der Waals surface area contributed by atoms with Crippen LogP contribution in [-0.4, -0.2) is 29.0 Å². The lowest BCUT2D eigenvalue weighted by Gasteiger charge is -2.21. The average Bonchev–Trinajstić information content (AvgIpc) is 2.49. The summed E-state index contributed by atoms with van der Waals surface area (Å²) < 4.78 is 5.05. The van der Waals surface area contributed by atoms with Gasteiger partial charge in [0.05, 0.1) is 18.8 Å². The highest BCUT2D eigenvalue weighted by atomic mass is 16.5. The Balaban J connectivity index is 2.04. The number of ether oxygens (including phenoxy) is 1. The van der Waals surface area contributed by atoms with E-state index >= 15 is 0 Å². The number of rotatable bonds is 7. The van der Waals surface area contributed by atoms with Crippen LogP contribution >= 0.6 is 0 Å². The number of carbonyl (C=O) groups is 1. The Hall–Kier alpha value is -2.20. The highest BCUT2D eigenvalue weighted by molar-refractivity contribution is 5.71. The molecule has 0 aliphatic heterocycles. The zero-order valence-electron chi connectivity index (χ0n) is 12.2. The second kappa shape index (κ2) is 8.17. The van der Waals surface area contributed by atoms with E-state index in [1.54, 1.807) is 6.20 Å². The van der Waals surface area contributed by atoms with E-state index in [0.717, 1.165) is 11.3 Å². The van der Waals surface area contributed by atoms with Crippen molar-refractivity contribution in [1.29, 1.82) is 0 Å². The van der Waals surface area contributed by atoms with E-state index in [9.17, 15) is 4.79 Å². The summed E-state index contributed by atoms with van der Waals surface area (Å²) in [4.78, 5) is 18.1. The van der Waals surface area contributed by atoms with Gasteiger partial charge in [-0.3, -0.25) is 14.7 Å². The Kier molecular flexibility index (Phi) is 5.91. The molecule has 0 spiro atoms. The lowest BCUT2D eigenvalue weighted by molar-refractivity contribution is -0.144.